The molecule has 2 N–H and O–H groups in total. The Labute approximate surface area is 113 Å². The van der Waals surface area contributed by atoms with Crippen molar-refractivity contribution in [3.63, 3.8) is 0 Å². The van der Waals surface area contributed by atoms with Crippen molar-refractivity contribution < 1.29 is 13.9 Å². The van der Waals surface area contributed by atoms with E-state index in [0.717, 1.165) is 12.0 Å². The summed E-state index contributed by atoms with van der Waals surface area (Å²) in [5.41, 5.74) is 6.27. The van der Waals surface area contributed by atoms with Gasteiger partial charge in [-0.05, 0) is 30.7 Å². The fourth-order valence-corrected chi connectivity index (χ4v) is 1.73. The maximum atomic E-state index is 12.8. The Balaban J connectivity index is 2.56. The minimum atomic E-state index is -0.296. The second-order valence-corrected chi connectivity index (χ2v) is 4.32. The van der Waals surface area contributed by atoms with Gasteiger partial charge in [-0.3, -0.25) is 4.79 Å². The lowest BCUT2D eigenvalue weighted by Gasteiger charge is -2.22. The van der Waals surface area contributed by atoms with Crippen molar-refractivity contribution in [3.05, 3.63) is 35.6 Å². The zero-order valence-electron chi connectivity index (χ0n) is 11.3. The van der Waals surface area contributed by atoms with E-state index in [1.807, 2.05) is 0 Å². The zero-order chi connectivity index (χ0) is 14.1. The van der Waals surface area contributed by atoms with Crippen LogP contribution in [0.1, 0.15) is 12.0 Å². The molecular formula is C14H21FN2O2. The number of nitrogens with two attached hydrogens (primary N) is 1. The molecule has 0 fully saturated rings. The van der Waals surface area contributed by atoms with Gasteiger partial charge in [-0.2, -0.15) is 0 Å². The molecule has 0 aliphatic heterocycles. The van der Waals surface area contributed by atoms with Gasteiger partial charge in [0.25, 0.3) is 0 Å². The van der Waals surface area contributed by atoms with E-state index in [2.05, 4.69) is 0 Å². The maximum absolute atomic E-state index is 12.8. The predicted octanol–water partition coefficient (Wildman–Crippen LogP) is 1.19. The van der Waals surface area contributed by atoms with Crippen molar-refractivity contribution >= 4 is 5.91 Å². The number of hydrogen-bond donors (Lipinski definition) is 1. The first kappa shape index (κ1) is 15.6. The van der Waals surface area contributed by atoms with Crippen LogP contribution in [0.15, 0.2) is 24.3 Å². The van der Waals surface area contributed by atoms with Crippen molar-refractivity contribution in [1.29, 1.82) is 0 Å². The average Bonchev–Trinajstić information content (AvgIpc) is 2.41. The Kier molecular flexibility index (Phi) is 7.07. The number of hydrogen-bond acceptors (Lipinski definition) is 3. The number of halogens is 1. The summed E-state index contributed by atoms with van der Waals surface area (Å²) in [6.45, 7) is 2.23. The van der Waals surface area contributed by atoms with Crippen LogP contribution in [0.2, 0.25) is 0 Å². The van der Waals surface area contributed by atoms with Crippen LogP contribution >= 0.6 is 0 Å². The van der Waals surface area contributed by atoms with Crippen LogP contribution in [0.3, 0.4) is 0 Å². The molecule has 0 spiro atoms. The van der Waals surface area contributed by atoms with Crippen molar-refractivity contribution in [2.45, 2.75) is 12.8 Å². The summed E-state index contributed by atoms with van der Waals surface area (Å²) in [5, 5.41) is 0. The Hall–Kier alpha value is -1.46. The lowest BCUT2D eigenvalue weighted by atomic mass is 10.1. The third-order valence-corrected chi connectivity index (χ3v) is 2.82. The molecule has 0 radical (unpaired) electrons. The Morgan fingerprint density at radius 3 is 2.58 bits per heavy atom. The first-order valence-electron chi connectivity index (χ1n) is 6.38. The molecule has 0 aliphatic carbocycles. The molecule has 4 nitrogen and oxygen atoms in total. The molecule has 1 rings (SSSR count). The standard InChI is InChI=1S/C14H21FN2O2/c1-19-10-9-17(8-2-7-16)14(18)11-12-3-5-13(15)6-4-12/h3-6H,2,7-11,16H2,1H3. The molecule has 0 heterocycles. The molecule has 0 aromatic heterocycles. The second-order valence-electron chi connectivity index (χ2n) is 4.32. The van der Waals surface area contributed by atoms with Crippen LogP contribution in [0.25, 0.3) is 0 Å². The summed E-state index contributed by atoms with van der Waals surface area (Å²) in [5.74, 6) is -0.285. The van der Waals surface area contributed by atoms with E-state index in [1.165, 1.54) is 12.1 Å². The van der Waals surface area contributed by atoms with Crippen molar-refractivity contribution in [3.8, 4) is 0 Å². The quantitative estimate of drug-likeness (QED) is 0.770. The largest absolute Gasteiger partial charge is 0.383 e. The van der Waals surface area contributed by atoms with Crippen LogP contribution in [0.5, 0.6) is 0 Å². The maximum Gasteiger partial charge on any atom is 0.227 e. The lowest BCUT2D eigenvalue weighted by Crippen LogP contribution is -2.36. The molecule has 19 heavy (non-hydrogen) atoms. The summed E-state index contributed by atoms with van der Waals surface area (Å²) < 4.78 is 17.8. The molecule has 0 aliphatic rings. The van der Waals surface area contributed by atoms with Gasteiger partial charge in [-0.15, -0.1) is 0 Å². The SMILES string of the molecule is COCCN(CCCN)C(=O)Cc1ccc(F)cc1. The number of methoxy groups -OCH3 is 1. The van der Waals surface area contributed by atoms with Gasteiger partial charge in [-0.25, -0.2) is 4.39 Å². The molecular weight excluding hydrogens is 247 g/mol. The molecule has 0 bridgehead atoms. The molecule has 106 valence electrons. The number of carbonyl (C=O) groups excluding carboxylic acids is 1. The number of ether oxygens (including phenoxy) is 1. The second kappa shape index (κ2) is 8.61. The van der Waals surface area contributed by atoms with E-state index in [0.29, 0.717) is 26.2 Å². The van der Waals surface area contributed by atoms with Gasteiger partial charge < -0.3 is 15.4 Å². The van der Waals surface area contributed by atoms with Crippen LogP contribution in [-0.2, 0) is 16.0 Å². The first-order valence-corrected chi connectivity index (χ1v) is 6.38. The summed E-state index contributed by atoms with van der Waals surface area (Å²) in [4.78, 5) is 13.9. The smallest absolute Gasteiger partial charge is 0.227 e. The minimum absolute atomic E-state index is 0.0112. The summed E-state index contributed by atoms with van der Waals surface area (Å²) in [6, 6.07) is 5.99. The summed E-state index contributed by atoms with van der Waals surface area (Å²) in [7, 11) is 1.60. The van der Waals surface area contributed by atoms with E-state index in [1.54, 1.807) is 24.1 Å². The average molecular weight is 268 g/mol. The fourth-order valence-electron chi connectivity index (χ4n) is 1.73. The minimum Gasteiger partial charge on any atom is -0.383 e. The molecule has 5 heteroatoms. The normalized spacial score (nSPS) is 10.5. The van der Waals surface area contributed by atoms with Crippen LogP contribution in [0.4, 0.5) is 4.39 Å². The van der Waals surface area contributed by atoms with E-state index in [9.17, 15) is 9.18 Å². The van der Waals surface area contributed by atoms with Gasteiger partial charge in [0, 0.05) is 20.2 Å². The number of rotatable bonds is 8. The highest BCUT2D eigenvalue weighted by Gasteiger charge is 2.13. The van der Waals surface area contributed by atoms with Gasteiger partial charge >= 0.3 is 0 Å². The van der Waals surface area contributed by atoms with Gasteiger partial charge in [0.15, 0.2) is 0 Å². The highest BCUT2D eigenvalue weighted by molar-refractivity contribution is 5.78. The monoisotopic (exact) mass is 268 g/mol. The van der Waals surface area contributed by atoms with Gasteiger partial charge in [-0.1, -0.05) is 12.1 Å². The van der Waals surface area contributed by atoms with E-state index in [4.69, 9.17) is 10.5 Å². The van der Waals surface area contributed by atoms with E-state index in [-0.39, 0.29) is 18.1 Å². The van der Waals surface area contributed by atoms with Gasteiger partial charge in [0.2, 0.25) is 5.91 Å². The topological polar surface area (TPSA) is 55.6 Å². The molecule has 1 aromatic carbocycles. The summed E-state index contributed by atoms with van der Waals surface area (Å²) >= 11 is 0. The molecule has 1 aromatic rings. The zero-order valence-corrected chi connectivity index (χ0v) is 11.3. The third kappa shape index (κ3) is 5.81. The molecule has 0 saturated carbocycles. The van der Waals surface area contributed by atoms with E-state index < -0.39 is 0 Å². The fraction of sp³-hybridized carbons (Fsp3) is 0.500. The third-order valence-electron chi connectivity index (χ3n) is 2.82. The van der Waals surface area contributed by atoms with Crippen LogP contribution in [-0.4, -0.2) is 44.2 Å². The van der Waals surface area contributed by atoms with E-state index >= 15 is 0 Å². The number of nitrogens with zero attached hydrogens (tertiary/aromatic N) is 1. The van der Waals surface area contributed by atoms with Crippen molar-refractivity contribution in [1.82, 2.24) is 4.90 Å². The van der Waals surface area contributed by atoms with Crippen LogP contribution in [0, 0.1) is 5.82 Å². The molecule has 0 saturated heterocycles. The predicted molar refractivity (Wildman–Crippen MR) is 72.2 cm³/mol. The van der Waals surface area contributed by atoms with Crippen molar-refractivity contribution in [2.75, 3.05) is 33.4 Å². The number of benzene rings is 1. The summed E-state index contributed by atoms with van der Waals surface area (Å²) in [6.07, 6.45) is 1.04. The van der Waals surface area contributed by atoms with Crippen LogP contribution < -0.4 is 5.73 Å². The Morgan fingerprint density at radius 2 is 2.00 bits per heavy atom. The first-order chi connectivity index (χ1) is 9.17. The number of amides is 1. The van der Waals surface area contributed by atoms with Crippen molar-refractivity contribution in [2.24, 2.45) is 5.73 Å². The highest BCUT2D eigenvalue weighted by Crippen LogP contribution is 2.06. The van der Waals surface area contributed by atoms with Gasteiger partial charge in [0.05, 0.1) is 13.0 Å². The molecule has 0 atom stereocenters. The van der Waals surface area contributed by atoms with Gasteiger partial charge in [0.1, 0.15) is 5.82 Å². The lowest BCUT2D eigenvalue weighted by molar-refractivity contribution is -0.131. The number of carbonyl (C=O) groups is 1. The Bertz CT molecular complexity index is 374. The Morgan fingerprint density at radius 1 is 1.32 bits per heavy atom. The molecule has 0 unspecified atom stereocenters. The highest BCUT2D eigenvalue weighted by atomic mass is 19.1. The molecule has 1 amide bonds.